The van der Waals surface area contributed by atoms with Crippen LogP contribution in [0.2, 0.25) is 0 Å². The smallest absolute Gasteiger partial charge is 0.267 e. The highest BCUT2D eigenvalue weighted by molar-refractivity contribution is 5.95. The Labute approximate surface area is 120 Å². The van der Waals surface area contributed by atoms with Crippen molar-refractivity contribution in [3.05, 3.63) is 35.9 Å². The lowest BCUT2D eigenvalue weighted by atomic mass is 9.70. The zero-order chi connectivity index (χ0) is 13.8. The Morgan fingerprint density at radius 1 is 1.05 bits per heavy atom. The zero-order valence-corrected chi connectivity index (χ0v) is 11.8. The number of amides is 1. The lowest BCUT2D eigenvalue weighted by Crippen LogP contribution is -2.29. The molecule has 1 aromatic carbocycles. The molecule has 0 spiro atoms. The van der Waals surface area contributed by atoms with Crippen LogP contribution in [0.25, 0.3) is 0 Å². The van der Waals surface area contributed by atoms with E-state index >= 15 is 0 Å². The molecule has 0 aliphatic heterocycles. The van der Waals surface area contributed by atoms with E-state index in [4.69, 9.17) is 0 Å². The fraction of sp³-hybridized carbons (Fsp3) is 0.529. The summed E-state index contributed by atoms with van der Waals surface area (Å²) in [4.78, 5) is 12.0. The number of benzene rings is 1. The Bertz CT molecular complexity index is 495. The van der Waals surface area contributed by atoms with Crippen molar-refractivity contribution < 1.29 is 4.79 Å². The Kier molecular flexibility index (Phi) is 4.14. The molecule has 106 valence electrons. The molecule has 3 rings (SSSR count). The molecule has 0 radical (unpaired) electrons. The van der Waals surface area contributed by atoms with E-state index in [0.717, 1.165) is 24.7 Å². The van der Waals surface area contributed by atoms with Crippen LogP contribution in [0, 0.1) is 11.8 Å². The molecule has 0 aromatic heterocycles. The van der Waals surface area contributed by atoms with Gasteiger partial charge in [0.2, 0.25) is 0 Å². The fourth-order valence-corrected chi connectivity index (χ4v) is 3.58. The van der Waals surface area contributed by atoms with Gasteiger partial charge in [-0.15, -0.1) is 0 Å². The van der Waals surface area contributed by atoms with Crippen LogP contribution < -0.4 is 5.43 Å². The second-order valence-corrected chi connectivity index (χ2v) is 6.03. The van der Waals surface area contributed by atoms with E-state index in [1.807, 2.05) is 30.3 Å². The summed E-state index contributed by atoms with van der Waals surface area (Å²) in [7, 11) is 0. The van der Waals surface area contributed by atoms with Gasteiger partial charge in [0.05, 0.1) is 0 Å². The lowest BCUT2D eigenvalue weighted by Gasteiger charge is -2.35. The maximum Gasteiger partial charge on any atom is 0.271 e. The van der Waals surface area contributed by atoms with Crippen molar-refractivity contribution in [3.63, 3.8) is 0 Å². The number of fused-ring (bicyclic) bond motifs is 1. The van der Waals surface area contributed by atoms with Crippen molar-refractivity contribution >= 4 is 11.6 Å². The van der Waals surface area contributed by atoms with E-state index in [1.54, 1.807) is 0 Å². The number of hydrogen-bond acceptors (Lipinski definition) is 2. The summed E-state index contributed by atoms with van der Waals surface area (Å²) in [6.45, 7) is 0. The lowest BCUT2D eigenvalue weighted by molar-refractivity contribution is 0.0954. The fourth-order valence-electron chi connectivity index (χ4n) is 3.58. The van der Waals surface area contributed by atoms with Gasteiger partial charge in [-0.25, -0.2) is 5.43 Å². The topological polar surface area (TPSA) is 41.5 Å². The van der Waals surface area contributed by atoms with E-state index < -0.39 is 0 Å². The van der Waals surface area contributed by atoms with Crippen molar-refractivity contribution in [2.75, 3.05) is 0 Å². The molecule has 2 fully saturated rings. The maximum atomic E-state index is 12.0. The van der Waals surface area contributed by atoms with Crippen LogP contribution in [0.4, 0.5) is 0 Å². The highest BCUT2D eigenvalue weighted by atomic mass is 16.2. The molecule has 2 aliphatic rings. The Balaban J connectivity index is 1.58. The summed E-state index contributed by atoms with van der Waals surface area (Å²) in [5.41, 5.74) is 4.56. The molecule has 2 atom stereocenters. The van der Waals surface area contributed by atoms with Crippen LogP contribution in [-0.2, 0) is 0 Å². The van der Waals surface area contributed by atoms with Gasteiger partial charge in [-0.2, -0.15) is 5.10 Å². The zero-order valence-electron chi connectivity index (χ0n) is 11.8. The quantitative estimate of drug-likeness (QED) is 0.817. The number of carbonyl (C=O) groups excluding carboxylic acids is 1. The molecule has 2 saturated carbocycles. The van der Waals surface area contributed by atoms with Crippen LogP contribution in [-0.4, -0.2) is 11.6 Å². The molecular formula is C17H22N2O. The molecule has 0 bridgehead atoms. The van der Waals surface area contributed by atoms with Gasteiger partial charge in [0.25, 0.3) is 5.91 Å². The Morgan fingerprint density at radius 2 is 1.80 bits per heavy atom. The van der Waals surface area contributed by atoms with Crippen LogP contribution in [0.3, 0.4) is 0 Å². The predicted molar refractivity (Wildman–Crippen MR) is 80.6 cm³/mol. The van der Waals surface area contributed by atoms with E-state index in [2.05, 4.69) is 10.5 Å². The predicted octanol–water partition coefficient (Wildman–Crippen LogP) is 3.76. The first-order valence-electron chi connectivity index (χ1n) is 7.74. The van der Waals surface area contributed by atoms with Crippen LogP contribution in [0.1, 0.15) is 55.3 Å². The molecule has 20 heavy (non-hydrogen) atoms. The van der Waals surface area contributed by atoms with Crippen LogP contribution >= 0.6 is 0 Å². The molecule has 1 aromatic rings. The Morgan fingerprint density at radius 3 is 2.60 bits per heavy atom. The van der Waals surface area contributed by atoms with Crippen LogP contribution in [0.5, 0.6) is 0 Å². The van der Waals surface area contributed by atoms with Crippen molar-refractivity contribution in [1.82, 2.24) is 5.43 Å². The largest absolute Gasteiger partial charge is 0.271 e. The molecule has 1 amide bonds. The van der Waals surface area contributed by atoms with E-state index in [9.17, 15) is 4.79 Å². The molecule has 0 saturated heterocycles. The number of rotatable bonds is 2. The van der Waals surface area contributed by atoms with Crippen molar-refractivity contribution in [3.8, 4) is 0 Å². The summed E-state index contributed by atoms with van der Waals surface area (Å²) >= 11 is 0. The summed E-state index contributed by atoms with van der Waals surface area (Å²) in [6.07, 6.45) is 8.90. The summed E-state index contributed by atoms with van der Waals surface area (Å²) in [5.74, 6) is 1.61. The standard InChI is InChI=1S/C17H22N2O/c20-17(14-7-2-1-3-8-14)19-18-16-11-10-13-6-4-5-9-15(13)12-16/h1-3,7-8,13,15H,4-6,9-12H2,(H,19,20)/b18-16-/t13-,15-/m1/s1. The van der Waals surface area contributed by atoms with Gasteiger partial charge in [-0.05, 0) is 49.7 Å². The second-order valence-electron chi connectivity index (χ2n) is 6.03. The number of hydrogen-bond donors (Lipinski definition) is 1. The highest BCUT2D eigenvalue weighted by Gasteiger charge is 2.30. The van der Waals surface area contributed by atoms with Crippen molar-refractivity contribution in [2.24, 2.45) is 16.9 Å². The summed E-state index contributed by atoms with van der Waals surface area (Å²) in [6, 6.07) is 9.28. The first-order chi connectivity index (χ1) is 9.83. The molecule has 3 heteroatoms. The van der Waals surface area contributed by atoms with Crippen molar-refractivity contribution in [1.29, 1.82) is 0 Å². The van der Waals surface area contributed by atoms with Crippen molar-refractivity contribution in [2.45, 2.75) is 44.9 Å². The first kappa shape index (κ1) is 13.3. The average molecular weight is 270 g/mol. The molecule has 0 heterocycles. The molecular weight excluding hydrogens is 248 g/mol. The SMILES string of the molecule is O=C(N/N=C1/CC[C@H]2CCCC[C@@H]2C1)c1ccccc1. The number of nitrogens with zero attached hydrogens (tertiary/aromatic N) is 1. The van der Waals surface area contributed by atoms with E-state index in [0.29, 0.717) is 5.56 Å². The average Bonchev–Trinajstić information content (AvgIpc) is 2.53. The third-order valence-electron chi connectivity index (χ3n) is 4.72. The minimum Gasteiger partial charge on any atom is -0.267 e. The molecule has 3 nitrogen and oxygen atoms in total. The molecule has 2 aliphatic carbocycles. The van der Waals surface area contributed by atoms with Gasteiger partial charge in [0.15, 0.2) is 0 Å². The monoisotopic (exact) mass is 270 g/mol. The first-order valence-corrected chi connectivity index (χ1v) is 7.74. The van der Waals surface area contributed by atoms with Gasteiger partial charge in [-0.3, -0.25) is 4.79 Å². The van der Waals surface area contributed by atoms with Gasteiger partial charge in [-0.1, -0.05) is 37.5 Å². The highest BCUT2D eigenvalue weighted by Crippen LogP contribution is 2.39. The second kappa shape index (κ2) is 6.21. The maximum absolute atomic E-state index is 12.0. The normalized spacial score (nSPS) is 27.9. The van der Waals surface area contributed by atoms with Gasteiger partial charge < -0.3 is 0 Å². The molecule has 0 unspecified atom stereocenters. The third-order valence-corrected chi connectivity index (χ3v) is 4.72. The Hall–Kier alpha value is -1.64. The number of nitrogens with one attached hydrogen (secondary N) is 1. The summed E-state index contributed by atoms with van der Waals surface area (Å²) < 4.78 is 0. The summed E-state index contributed by atoms with van der Waals surface area (Å²) in [5, 5.41) is 4.37. The molecule has 1 N–H and O–H groups in total. The van der Waals surface area contributed by atoms with E-state index in [-0.39, 0.29) is 5.91 Å². The van der Waals surface area contributed by atoms with E-state index in [1.165, 1.54) is 37.8 Å². The minimum atomic E-state index is -0.108. The number of hydrazone groups is 1. The van der Waals surface area contributed by atoms with Crippen LogP contribution in [0.15, 0.2) is 35.4 Å². The van der Waals surface area contributed by atoms with Gasteiger partial charge in [0.1, 0.15) is 0 Å². The number of carbonyl (C=O) groups is 1. The van der Waals surface area contributed by atoms with Gasteiger partial charge in [0, 0.05) is 11.3 Å². The van der Waals surface area contributed by atoms with Gasteiger partial charge >= 0.3 is 0 Å². The minimum absolute atomic E-state index is 0.108. The third kappa shape index (κ3) is 3.09.